The molecule has 7 nitrogen and oxygen atoms in total. The number of Topliss-reactive ketones (excluding diaryl/α,β-unsaturated/α-hetero) is 1. The van der Waals surface area contributed by atoms with Gasteiger partial charge in [0.25, 0.3) is 0 Å². The number of pyridine rings is 1. The number of carbonyl (C=O) groups is 3. The summed E-state index contributed by atoms with van der Waals surface area (Å²) in [6.07, 6.45) is 2.71. The first-order valence-electron chi connectivity index (χ1n) is 8.73. The molecule has 0 saturated heterocycles. The number of amides is 1. The van der Waals surface area contributed by atoms with Crippen molar-refractivity contribution in [3.8, 4) is 5.88 Å². The number of anilines is 1. The van der Waals surface area contributed by atoms with Gasteiger partial charge in [-0.1, -0.05) is 6.92 Å². The molecule has 0 saturated carbocycles. The Hall–Kier alpha value is -3.22. The first-order chi connectivity index (χ1) is 13.0. The highest BCUT2D eigenvalue weighted by molar-refractivity contribution is 6.00. The Morgan fingerprint density at radius 2 is 1.81 bits per heavy atom. The molecule has 0 radical (unpaired) electrons. The van der Waals surface area contributed by atoms with Crippen molar-refractivity contribution in [1.29, 1.82) is 0 Å². The lowest BCUT2D eigenvalue weighted by atomic mass is 10.1. The zero-order valence-corrected chi connectivity index (χ0v) is 15.4. The normalized spacial score (nSPS) is 10.1. The van der Waals surface area contributed by atoms with E-state index >= 15 is 0 Å². The standard InChI is InChI=1S/C20H22N2O5/c1-3-6-18(24)22-15-10-8-14(9-11-15)17(23)13-27-20(25)16-7-5-12-21-19(16)26-4-2/h5,7-12H,3-4,6,13H2,1-2H3,(H,22,24). The van der Waals surface area contributed by atoms with Crippen molar-refractivity contribution in [2.45, 2.75) is 26.7 Å². The van der Waals surface area contributed by atoms with Crippen LogP contribution in [0.2, 0.25) is 0 Å². The van der Waals surface area contributed by atoms with Gasteiger partial charge in [-0.3, -0.25) is 9.59 Å². The van der Waals surface area contributed by atoms with Gasteiger partial charge in [0.2, 0.25) is 11.8 Å². The predicted molar refractivity (Wildman–Crippen MR) is 100.0 cm³/mol. The molecule has 1 aromatic carbocycles. The minimum Gasteiger partial charge on any atom is -0.477 e. The average Bonchev–Trinajstić information content (AvgIpc) is 2.67. The third kappa shape index (κ3) is 5.91. The van der Waals surface area contributed by atoms with Gasteiger partial charge in [0, 0.05) is 23.9 Å². The monoisotopic (exact) mass is 370 g/mol. The fraction of sp³-hybridized carbons (Fsp3) is 0.300. The van der Waals surface area contributed by atoms with Crippen LogP contribution in [0.1, 0.15) is 47.4 Å². The second-order valence-corrected chi connectivity index (χ2v) is 5.66. The van der Waals surface area contributed by atoms with Crippen LogP contribution >= 0.6 is 0 Å². The molecule has 1 amide bonds. The van der Waals surface area contributed by atoms with Crippen molar-refractivity contribution in [2.75, 3.05) is 18.5 Å². The van der Waals surface area contributed by atoms with E-state index in [2.05, 4.69) is 10.3 Å². The van der Waals surface area contributed by atoms with E-state index in [1.54, 1.807) is 37.3 Å². The summed E-state index contributed by atoms with van der Waals surface area (Å²) in [7, 11) is 0. The van der Waals surface area contributed by atoms with Crippen molar-refractivity contribution >= 4 is 23.3 Å². The van der Waals surface area contributed by atoms with Gasteiger partial charge in [0.15, 0.2) is 12.4 Å². The minimum atomic E-state index is -0.677. The fourth-order valence-electron chi connectivity index (χ4n) is 2.28. The largest absolute Gasteiger partial charge is 0.477 e. The van der Waals surface area contributed by atoms with Crippen molar-refractivity contribution < 1.29 is 23.9 Å². The van der Waals surface area contributed by atoms with Crippen LogP contribution in [-0.4, -0.2) is 35.9 Å². The second kappa shape index (κ2) is 10.1. The molecule has 7 heteroatoms. The lowest BCUT2D eigenvalue weighted by Crippen LogP contribution is -2.16. The quantitative estimate of drug-likeness (QED) is 0.538. The second-order valence-electron chi connectivity index (χ2n) is 5.66. The van der Waals surface area contributed by atoms with E-state index in [1.807, 2.05) is 6.92 Å². The molecule has 0 spiro atoms. The van der Waals surface area contributed by atoms with Gasteiger partial charge >= 0.3 is 5.97 Å². The van der Waals surface area contributed by atoms with Crippen molar-refractivity contribution in [2.24, 2.45) is 0 Å². The average molecular weight is 370 g/mol. The molecule has 1 aromatic heterocycles. The molecule has 2 aromatic rings. The molecule has 27 heavy (non-hydrogen) atoms. The highest BCUT2D eigenvalue weighted by Crippen LogP contribution is 2.16. The number of ether oxygens (including phenoxy) is 2. The van der Waals surface area contributed by atoms with Gasteiger partial charge in [-0.05, 0) is 49.7 Å². The molecule has 1 N–H and O–H groups in total. The number of hydrogen-bond donors (Lipinski definition) is 1. The summed E-state index contributed by atoms with van der Waals surface area (Å²) in [6, 6.07) is 9.54. The van der Waals surface area contributed by atoms with Crippen LogP contribution in [0.15, 0.2) is 42.6 Å². The third-order valence-electron chi connectivity index (χ3n) is 3.57. The molecule has 1 heterocycles. The topological polar surface area (TPSA) is 94.6 Å². The number of esters is 1. The van der Waals surface area contributed by atoms with E-state index in [4.69, 9.17) is 9.47 Å². The van der Waals surface area contributed by atoms with E-state index in [9.17, 15) is 14.4 Å². The SMILES string of the molecule is CCCC(=O)Nc1ccc(C(=O)COC(=O)c2cccnc2OCC)cc1. The van der Waals surface area contributed by atoms with Gasteiger partial charge < -0.3 is 14.8 Å². The lowest BCUT2D eigenvalue weighted by molar-refractivity contribution is -0.116. The van der Waals surface area contributed by atoms with Crippen molar-refractivity contribution in [3.05, 3.63) is 53.7 Å². The lowest BCUT2D eigenvalue weighted by Gasteiger charge is -2.09. The Balaban J connectivity index is 1.93. The molecule has 0 bridgehead atoms. The number of carbonyl (C=O) groups excluding carboxylic acids is 3. The van der Waals surface area contributed by atoms with E-state index in [-0.39, 0.29) is 23.1 Å². The fourth-order valence-corrected chi connectivity index (χ4v) is 2.28. The molecule has 2 rings (SSSR count). The summed E-state index contributed by atoms with van der Waals surface area (Å²) < 4.78 is 10.4. The van der Waals surface area contributed by atoms with Crippen LogP contribution in [0.25, 0.3) is 0 Å². The molecule has 0 aliphatic rings. The van der Waals surface area contributed by atoms with Crippen LogP contribution in [-0.2, 0) is 9.53 Å². The summed E-state index contributed by atoms with van der Waals surface area (Å²) in [5, 5.41) is 2.74. The highest BCUT2D eigenvalue weighted by atomic mass is 16.5. The zero-order valence-electron chi connectivity index (χ0n) is 15.4. The Morgan fingerprint density at radius 3 is 2.48 bits per heavy atom. The van der Waals surface area contributed by atoms with Gasteiger partial charge in [-0.2, -0.15) is 0 Å². The van der Waals surface area contributed by atoms with E-state index < -0.39 is 12.6 Å². The van der Waals surface area contributed by atoms with E-state index in [0.717, 1.165) is 6.42 Å². The van der Waals surface area contributed by atoms with Crippen LogP contribution in [0, 0.1) is 0 Å². The highest BCUT2D eigenvalue weighted by Gasteiger charge is 2.17. The Kier molecular flexibility index (Phi) is 7.49. The van der Waals surface area contributed by atoms with Crippen LogP contribution in [0.5, 0.6) is 5.88 Å². The molecular formula is C20H22N2O5. The van der Waals surface area contributed by atoms with Crippen LogP contribution < -0.4 is 10.1 Å². The van der Waals surface area contributed by atoms with Gasteiger partial charge in [-0.15, -0.1) is 0 Å². The van der Waals surface area contributed by atoms with Crippen LogP contribution in [0.4, 0.5) is 5.69 Å². The third-order valence-corrected chi connectivity index (χ3v) is 3.57. The maximum Gasteiger partial charge on any atom is 0.344 e. The number of ketones is 1. The summed E-state index contributed by atoms with van der Waals surface area (Å²) in [4.78, 5) is 39.9. The molecule has 0 aliphatic carbocycles. The molecule has 0 aliphatic heterocycles. The summed E-state index contributed by atoms with van der Waals surface area (Å²) >= 11 is 0. The zero-order chi connectivity index (χ0) is 19.6. The van der Waals surface area contributed by atoms with E-state index in [1.165, 1.54) is 12.3 Å². The molecular weight excluding hydrogens is 348 g/mol. The first-order valence-corrected chi connectivity index (χ1v) is 8.73. The smallest absolute Gasteiger partial charge is 0.344 e. The number of hydrogen-bond acceptors (Lipinski definition) is 6. The number of aromatic nitrogens is 1. The molecule has 0 fully saturated rings. The van der Waals surface area contributed by atoms with Gasteiger partial charge in [0.1, 0.15) is 5.56 Å². The minimum absolute atomic E-state index is 0.0768. The van der Waals surface area contributed by atoms with Crippen LogP contribution in [0.3, 0.4) is 0 Å². The van der Waals surface area contributed by atoms with Gasteiger partial charge in [-0.25, -0.2) is 9.78 Å². The van der Waals surface area contributed by atoms with Crippen molar-refractivity contribution in [1.82, 2.24) is 4.98 Å². The summed E-state index contributed by atoms with van der Waals surface area (Å²) in [5.41, 5.74) is 1.16. The molecule has 142 valence electrons. The number of benzene rings is 1. The number of nitrogens with one attached hydrogen (secondary N) is 1. The summed E-state index contributed by atoms with van der Waals surface area (Å²) in [5.74, 6) is -0.934. The number of nitrogens with zero attached hydrogens (tertiary/aromatic N) is 1. The summed E-state index contributed by atoms with van der Waals surface area (Å²) in [6.45, 7) is 3.66. The Labute approximate surface area is 157 Å². The predicted octanol–water partition coefficient (Wildman–Crippen LogP) is 3.26. The number of rotatable bonds is 9. The Bertz CT molecular complexity index is 802. The maximum atomic E-state index is 12.2. The Morgan fingerprint density at radius 1 is 1.07 bits per heavy atom. The molecule has 0 unspecified atom stereocenters. The maximum absolute atomic E-state index is 12.2. The van der Waals surface area contributed by atoms with E-state index in [0.29, 0.717) is 24.3 Å². The molecule has 0 atom stereocenters. The first kappa shape index (κ1) is 20.1. The van der Waals surface area contributed by atoms with Gasteiger partial charge in [0.05, 0.1) is 6.61 Å². The van der Waals surface area contributed by atoms with Crippen molar-refractivity contribution in [3.63, 3.8) is 0 Å².